The molecule has 3 N–H and O–H groups in total. The van der Waals surface area contributed by atoms with Gasteiger partial charge in [0.25, 0.3) is 0 Å². The SMILES string of the molecule is Cc1ccccc1C(C)Nc1c(N)c(C)nn1C. The average molecular weight is 244 g/mol. The molecule has 4 heteroatoms. The first-order valence-electron chi connectivity index (χ1n) is 6.12. The molecule has 1 aromatic carbocycles. The molecule has 0 amide bonds. The predicted molar refractivity (Wildman–Crippen MR) is 75.6 cm³/mol. The summed E-state index contributed by atoms with van der Waals surface area (Å²) < 4.78 is 1.79. The largest absolute Gasteiger partial charge is 0.394 e. The minimum absolute atomic E-state index is 0.197. The van der Waals surface area contributed by atoms with Crippen LogP contribution in [0.4, 0.5) is 11.5 Å². The number of nitrogens with zero attached hydrogens (tertiary/aromatic N) is 2. The number of nitrogen functional groups attached to an aromatic ring is 1. The summed E-state index contributed by atoms with van der Waals surface area (Å²) in [6.07, 6.45) is 0. The van der Waals surface area contributed by atoms with Gasteiger partial charge in [0.05, 0.1) is 17.4 Å². The van der Waals surface area contributed by atoms with Crippen LogP contribution in [-0.4, -0.2) is 9.78 Å². The van der Waals surface area contributed by atoms with Crippen LogP contribution in [-0.2, 0) is 7.05 Å². The number of aromatic nitrogens is 2. The summed E-state index contributed by atoms with van der Waals surface area (Å²) in [5.41, 5.74) is 10.1. The van der Waals surface area contributed by atoms with Crippen LogP contribution in [0.25, 0.3) is 0 Å². The van der Waals surface area contributed by atoms with Crippen molar-refractivity contribution in [2.24, 2.45) is 7.05 Å². The molecule has 0 fully saturated rings. The fourth-order valence-corrected chi connectivity index (χ4v) is 2.20. The molecular formula is C14H20N4. The number of hydrogen-bond acceptors (Lipinski definition) is 3. The van der Waals surface area contributed by atoms with E-state index in [1.54, 1.807) is 4.68 Å². The molecule has 0 bridgehead atoms. The second kappa shape index (κ2) is 4.72. The molecule has 1 atom stereocenters. The zero-order valence-corrected chi connectivity index (χ0v) is 11.4. The van der Waals surface area contributed by atoms with Crippen LogP contribution in [0.5, 0.6) is 0 Å². The minimum Gasteiger partial charge on any atom is -0.394 e. The van der Waals surface area contributed by atoms with Crippen LogP contribution in [0.15, 0.2) is 24.3 Å². The Bertz CT molecular complexity index is 557. The van der Waals surface area contributed by atoms with Crippen molar-refractivity contribution in [1.82, 2.24) is 9.78 Å². The maximum Gasteiger partial charge on any atom is 0.148 e. The molecule has 0 saturated carbocycles. The second-order valence-electron chi connectivity index (χ2n) is 4.69. The predicted octanol–water partition coefficient (Wildman–Crippen LogP) is 2.79. The Morgan fingerprint density at radius 1 is 1.28 bits per heavy atom. The first-order chi connectivity index (χ1) is 8.50. The van der Waals surface area contributed by atoms with Gasteiger partial charge in [0.1, 0.15) is 5.82 Å². The first kappa shape index (κ1) is 12.5. The average Bonchev–Trinajstić information content (AvgIpc) is 2.56. The fourth-order valence-electron chi connectivity index (χ4n) is 2.20. The van der Waals surface area contributed by atoms with Gasteiger partial charge in [-0.1, -0.05) is 24.3 Å². The lowest BCUT2D eigenvalue weighted by molar-refractivity contribution is 0.741. The highest BCUT2D eigenvalue weighted by molar-refractivity contribution is 5.65. The minimum atomic E-state index is 0.197. The lowest BCUT2D eigenvalue weighted by Crippen LogP contribution is -2.12. The van der Waals surface area contributed by atoms with Crippen molar-refractivity contribution in [1.29, 1.82) is 0 Å². The molecular weight excluding hydrogens is 224 g/mol. The molecule has 2 aromatic rings. The molecule has 18 heavy (non-hydrogen) atoms. The van der Waals surface area contributed by atoms with Gasteiger partial charge in [-0.15, -0.1) is 0 Å². The van der Waals surface area contributed by atoms with E-state index in [1.165, 1.54) is 11.1 Å². The molecule has 1 unspecified atom stereocenters. The van der Waals surface area contributed by atoms with Gasteiger partial charge in [0.2, 0.25) is 0 Å². The van der Waals surface area contributed by atoms with Crippen molar-refractivity contribution in [3.63, 3.8) is 0 Å². The van der Waals surface area contributed by atoms with Gasteiger partial charge in [-0.3, -0.25) is 4.68 Å². The number of benzene rings is 1. The molecule has 0 aliphatic carbocycles. The summed E-state index contributed by atoms with van der Waals surface area (Å²) in [7, 11) is 1.90. The second-order valence-corrected chi connectivity index (χ2v) is 4.69. The monoisotopic (exact) mass is 244 g/mol. The number of rotatable bonds is 3. The normalized spacial score (nSPS) is 12.4. The highest BCUT2D eigenvalue weighted by atomic mass is 15.3. The Hall–Kier alpha value is -1.97. The maximum atomic E-state index is 6.02. The number of hydrogen-bond donors (Lipinski definition) is 2. The highest BCUT2D eigenvalue weighted by Gasteiger charge is 2.14. The molecule has 0 saturated heterocycles. The number of aryl methyl sites for hydroxylation is 3. The van der Waals surface area contributed by atoms with E-state index in [0.29, 0.717) is 0 Å². The molecule has 2 rings (SSSR count). The van der Waals surface area contributed by atoms with Crippen LogP contribution < -0.4 is 11.1 Å². The van der Waals surface area contributed by atoms with Crippen LogP contribution >= 0.6 is 0 Å². The Morgan fingerprint density at radius 3 is 2.50 bits per heavy atom. The van der Waals surface area contributed by atoms with Gasteiger partial charge in [0.15, 0.2) is 0 Å². The van der Waals surface area contributed by atoms with Gasteiger partial charge in [-0.25, -0.2) is 0 Å². The molecule has 0 spiro atoms. The summed E-state index contributed by atoms with van der Waals surface area (Å²) in [5, 5.41) is 7.74. The quantitative estimate of drug-likeness (QED) is 0.873. The van der Waals surface area contributed by atoms with Crippen LogP contribution in [0, 0.1) is 13.8 Å². The topological polar surface area (TPSA) is 55.9 Å². The van der Waals surface area contributed by atoms with E-state index in [4.69, 9.17) is 5.73 Å². The highest BCUT2D eigenvalue weighted by Crippen LogP contribution is 2.27. The van der Waals surface area contributed by atoms with Crippen molar-refractivity contribution in [3.8, 4) is 0 Å². The number of nitrogens with two attached hydrogens (primary N) is 1. The lowest BCUT2D eigenvalue weighted by Gasteiger charge is -2.18. The van der Waals surface area contributed by atoms with Gasteiger partial charge < -0.3 is 11.1 Å². The molecule has 0 radical (unpaired) electrons. The van der Waals surface area contributed by atoms with Crippen molar-refractivity contribution in [3.05, 3.63) is 41.1 Å². The smallest absolute Gasteiger partial charge is 0.148 e. The van der Waals surface area contributed by atoms with E-state index in [2.05, 4.69) is 42.5 Å². The molecule has 1 aromatic heterocycles. The molecule has 1 heterocycles. The Labute approximate surface area is 108 Å². The summed E-state index contributed by atoms with van der Waals surface area (Å²) in [6.45, 7) is 6.16. The first-order valence-corrected chi connectivity index (χ1v) is 6.12. The Balaban J connectivity index is 2.27. The van der Waals surface area contributed by atoms with E-state index < -0.39 is 0 Å². The third-order valence-corrected chi connectivity index (χ3v) is 3.28. The summed E-state index contributed by atoms with van der Waals surface area (Å²) in [4.78, 5) is 0. The summed E-state index contributed by atoms with van der Waals surface area (Å²) in [5.74, 6) is 0.878. The number of nitrogens with one attached hydrogen (secondary N) is 1. The summed E-state index contributed by atoms with van der Waals surface area (Å²) in [6, 6.07) is 8.55. The van der Waals surface area contributed by atoms with E-state index >= 15 is 0 Å². The fraction of sp³-hybridized carbons (Fsp3) is 0.357. The molecule has 96 valence electrons. The Morgan fingerprint density at radius 2 is 1.94 bits per heavy atom. The van der Waals surface area contributed by atoms with Gasteiger partial charge in [-0.05, 0) is 31.9 Å². The molecule has 0 aliphatic rings. The van der Waals surface area contributed by atoms with Gasteiger partial charge >= 0.3 is 0 Å². The lowest BCUT2D eigenvalue weighted by atomic mass is 10.0. The van der Waals surface area contributed by atoms with Crippen LogP contribution in [0.2, 0.25) is 0 Å². The van der Waals surface area contributed by atoms with Gasteiger partial charge in [-0.2, -0.15) is 5.10 Å². The van der Waals surface area contributed by atoms with Crippen molar-refractivity contribution in [2.45, 2.75) is 26.8 Å². The third-order valence-electron chi connectivity index (χ3n) is 3.28. The van der Waals surface area contributed by atoms with Crippen molar-refractivity contribution in [2.75, 3.05) is 11.1 Å². The van der Waals surface area contributed by atoms with Crippen molar-refractivity contribution >= 4 is 11.5 Å². The summed E-state index contributed by atoms with van der Waals surface area (Å²) >= 11 is 0. The third kappa shape index (κ3) is 2.18. The van der Waals surface area contributed by atoms with E-state index in [9.17, 15) is 0 Å². The van der Waals surface area contributed by atoms with Crippen molar-refractivity contribution < 1.29 is 0 Å². The Kier molecular flexibility index (Phi) is 3.28. The number of anilines is 2. The van der Waals surface area contributed by atoms with Crippen LogP contribution in [0.3, 0.4) is 0 Å². The maximum absolute atomic E-state index is 6.02. The zero-order chi connectivity index (χ0) is 13.3. The standard InChI is InChI=1S/C14H20N4/c1-9-7-5-6-8-12(9)10(2)16-14-13(15)11(3)17-18(14)4/h5-8,10,16H,15H2,1-4H3. The molecule has 4 nitrogen and oxygen atoms in total. The van der Waals surface area contributed by atoms with Gasteiger partial charge in [0, 0.05) is 7.05 Å². The molecule has 0 aliphatic heterocycles. The van der Waals surface area contributed by atoms with Crippen LogP contribution in [0.1, 0.15) is 29.8 Å². The zero-order valence-electron chi connectivity index (χ0n) is 11.4. The van der Waals surface area contributed by atoms with E-state index in [-0.39, 0.29) is 6.04 Å². The van der Waals surface area contributed by atoms with E-state index in [0.717, 1.165) is 17.2 Å². The van der Waals surface area contributed by atoms with E-state index in [1.807, 2.05) is 20.0 Å².